The number of hydrogen-bond acceptors (Lipinski definition) is 14. The lowest BCUT2D eigenvalue weighted by Crippen LogP contribution is -2.41. The number of nitrogen functional groups attached to an aromatic ring is 5. The van der Waals surface area contributed by atoms with E-state index in [1.54, 1.807) is 28.4 Å². The van der Waals surface area contributed by atoms with Crippen LogP contribution in [0.15, 0.2) is 327 Å². The van der Waals surface area contributed by atoms with Gasteiger partial charge in [-0.1, -0.05) is 250 Å². The fourth-order valence-electron chi connectivity index (χ4n) is 15.9. The van der Waals surface area contributed by atoms with E-state index in [0.717, 1.165) is 199 Å². The minimum Gasteiger partial charge on any atom is -0.497 e. The molecule has 0 unspecified atom stereocenters. The van der Waals surface area contributed by atoms with Crippen LogP contribution >= 0.6 is 61.1 Å². The van der Waals surface area contributed by atoms with Crippen molar-refractivity contribution in [1.29, 1.82) is 0 Å². The molecule has 139 heavy (non-hydrogen) atoms. The largest absolute Gasteiger partial charge is 0.498 e. The zero-order chi connectivity index (χ0) is 99.4. The molecule has 10 N–H and O–H groups in total. The van der Waals surface area contributed by atoms with Crippen molar-refractivity contribution in [2.75, 3.05) is 57.1 Å². The van der Waals surface area contributed by atoms with Crippen LogP contribution in [0, 0.1) is 7.14 Å². The maximum atomic E-state index is 6.68. The minimum absolute atomic E-state index is 0.320. The number of nitrogens with zero attached hydrogens (tertiary/aromatic N) is 6. The average molecular weight is 2150 g/mol. The molecule has 0 atom stereocenters. The molecule has 1 saturated heterocycles. The molecule has 17 rings (SSSR count). The van der Waals surface area contributed by atoms with Crippen LogP contribution in [0.4, 0.5) is 28.4 Å². The molecule has 0 bridgehead atoms. The molecule has 1 aliphatic heterocycles. The fourth-order valence-corrected chi connectivity index (χ4v) is 18.0. The van der Waals surface area contributed by atoms with E-state index in [1.807, 2.05) is 178 Å². The van der Waals surface area contributed by atoms with Crippen LogP contribution in [0.25, 0.3) is 66.8 Å². The van der Waals surface area contributed by atoms with E-state index in [4.69, 9.17) is 56.9 Å². The number of halogens is 3. The molecule has 3 aromatic heterocycles. The molecule has 16 aromatic rings. The molecule has 0 aliphatic carbocycles. The Bertz CT molecular complexity index is 6260. The number of methoxy groups -OCH3 is 4. The van der Waals surface area contributed by atoms with Gasteiger partial charge < -0.3 is 56.9 Å². The minimum atomic E-state index is -0.348. The van der Waals surface area contributed by atoms with E-state index in [-0.39, 0.29) is 18.3 Å². The van der Waals surface area contributed by atoms with E-state index in [0.29, 0.717) is 0 Å². The Kier molecular flexibility index (Phi) is 41.3. The zero-order valence-corrected chi connectivity index (χ0v) is 88.8. The van der Waals surface area contributed by atoms with Crippen molar-refractivity contribution in [1.82, 2.24) is 29.3 Å². The number of ether oxygens (including phenoxy) is 4. The first-order chi connectivity index (χ1) is 67.2. The Labute approximate surface area is 860 Å². The summed E-state index contributed by atoms with van der Waals surface area (Å²) >= 11 is 8.28. The van der Waals surface area contributed by atoms with Gasteiger partial charge in [-0.3, -0.25) is 14.0 Å². The number of aromatic nitrogens is 6. The molecule has 0 amide bonds. The second-order valence-corrected chi connectivity index (χ2v) is 38.5. The van der Waals surface area contributed by atoms with Crippen LogP contribution in [0.2, 0.25) is 0 Å². The van der Waals surface area contributed by atoms with Gasteiger partial charge in [-0.2, -0.15) is 15.3 Å². The number of rotatable bonds is 29. The van der Waals surface area contributed by atoms with Gasteiger partial charge in [0.05, 0.1) is 77.4 Å². The zero-order valence-electron chi connectivity index (χ0n) is 82.9. The molecule has 0 radical (unpaired) electrons. The standard InChI is InChI=1S/C26H25IN2O.C26H27N3O.C16H21BN2O2.C16H18BrNO.C16H19NO.C9H12IN.C9H13N/c2*1-3-7-20-14-24(21-10-12-23(30-2)13-11-21)26(27)25(15-20)22-16-28-29(18-22)17-19-8-5-4-6-9-19;1-15(2)16(3,4)21-17(20-15)14-10-18-19(12-14)11-13-8-6-5-7-9-13;1-3-4-11-9-14(16(18)15(17)10-11)12-5-7-13(19-2)8-6-12;1-3-4-12-5-10-16(17)15(11-12)13-6-8-14(18-2)9-7-13;1-2-3-7-4-5-9(11)8(10)6-7;1-2-3-8-4-6-9(10)7-5-8/h4-6,8-16,18H,3,7,17H2,1-2H3;4-6,8-16,18H,3,7,17,27H2,1-2H3;5-10,12H,11H2,1-4H3;5-10H,3-4,18H2,1-2H3;5-11H,3-4,17H2,1-2H3;4-6H,2-3,11H2,1H3;4-7H,2-3,10H2,1H3. The normalized spacial score (nSPS) is 12.0. The van der Waals surface area contributed by atoms with Crippen molar-refractivity contribution in [3.8, 4) is 89.8 Å². The topological polar surface area (TPSA) is 239 Å². The highest BCUT2D eigenvalue weighted by molar-refractivity contribution is 14.1. The van der Waals surface area contributed by atoms with Crippen LogP contribution in [-0.4, -0.2) is 76.1 Å². The van der Waals surface area contributed by atoms with Crippen molar-refractivity contribution >= 4 is 102 Å². The van der Waals surface area contributed by atoms with Crippen LogP contribution < -0.4 is 53.1 Å². The summed E-state index contributed by atoms with van der Waals surface area (Å²) in [5.74, 6) is 3.43. The quantitative estimate of drug-likeness (QED) is 0.0167. The molecule has 0 spiro atoms. The average Bonchev–Trinajstić information content (AvgIpc) is 1.69. The maximum absolute atomic E-state index is 6.68. The number of anilines is 5. The Balaban J connectivity index is 0.000000160. The summed E-state index contributed by atoms with van der Waals surface area (Å²) in [7, 11) is 6.37. The summed E-state index contributed by atoms with van der Waals surface area (Å²) < 4.78 is 42.3. The van der Waals surface area contributed by atoms with Gasteiger partial charge in [-0.05, 0) is 326 Å². The molecule has 1 fully saturated rings. The van der Waals surface area contributed by atoms with Crippen molar-refractivity contribution in [2.45, 2.75) is 177 Å². The lowest BCUT2D eigenvalue weighted by atomic mass is 9.82. The lowest BCUT2D eigenvalue weighted by molar-refractivity contribution is 0.00578. The molecular weight excluding hydrogens is 2010 g/mol. The van der Waals surface area contributed by atoms with Gasteiger partial charge in [0.2, 0.25) is 0 Å². The van der Waals surface area contributed by atoms with Crippen molar-refractivity contribution in [3.05, 3.63) is 384 Å². The molecule has 0 saturated carbocycles. The summed E-state index contributed by atoms with van der Waals surface area (Å²) in [6.07, 6.45) is 25.3. The van der Waals surface area contributed by atoms with Crippen molar-refractivity contribution < 1.29 is 28.3 Å². The molecule has 1 aliphatic rings. The highest BCUT2D eigenvalue weighted by Crippen LogP contribution is 2.42. The third kappa shape index (κ3) is 31.3. The van der Waals surface area contributed by atoms with E-state index < -0.39 is 0 Å². The number of nitrogens with two attached hydrogens (primary N) is 5. The van der Waals surface area contributed by atoms with Crippen molar-refractivity contribution in [2.24, 2.45) is 0 Å². The fraction of sp³-hybridized carbons (Fsp3) is 0.263. The second-order valence-electron chi connectivity index (χ2n) is 35.5. The first kappa shape index (κ1) is 107. The van der Waals surface area contributed by atoms with E-state index in [2.05, 4.69) is 304 Å². The Morgan fingerprint density at radius 2 is 0.626 bits per heavy atom. The number of benzene rings is 13. The van der Waals surface area contributed by atoms with Gasteiger partial charge in [0.15, 0.2) is 0 Å². The van der Waals surface area contributed by atoms with E-state index in [1.165, 1.54) is 83.2 Å². The van der Waals surface area contributed by atoms with Gasteiger partial charge in [0.25, 0.3) is 0 Å². The van der Waals surface area contributed by atoms with E-state index in [9.17, 15) is 0 Å². The number of hydrogen-bond donors (Lipinski definition) is 5. The molecule has 21 heteroatoms. The molecule has 17 nitrogen and oxygen atoms in total. The van der Waals surface area contributed by atoms with Gasteiger partial charge in [0.1, 0.15) is 23.0 Å². The SMILES string of the molecule is CC1(C)OB(c2cnn(Cc3ccccc3)c2)OC1(C)C.CCCc1cc(-c2ccc(OC)cc2)c(I)c(-c2cnn(Cc3ccccc3)c2)c1.CCCc1cc(-c2ccc(OC)cc2)c(N)c(-c2cnn(Cc3ccccc3)c2)c1.CCCc1cc(Br)c(N)c(-c2ccc(OC)cc2)c1.CCCc1ccc(N)c(-c2ccc(OC)cc2)c1.CCCc1ccc(N)c(I)c1.CCCc1ccc(N)cc1. The van der Waals surface area contributed by atoms with Gasteiger partial charge in [-0.15, -0.1) is 0 Å². The summed E-state index contributed by atoms with van der Waals surface area (Å²) in [4.78, 5) is 0. The monoisotopic (exact) mass is 2150 g/mol. The predicted molar refractivity (Wildman–Crippen MR) is 603 cm³/mol. The smallest absolute Gasteiger partial charge is 0.497 e. The second kappa shape index (κ2) is 53.7. The molecular formula is C118H135BBrI2N11O6. The van der Waals surface area contributed by atoms with E-state index >= 15 is 0 Å². The molecule has 13 aromatic carbocycles. The first-order valence-corrected chi connectivity index (χ1v) is 50.9. The number of aryl methyl sites for hydroxylation is 6. The third-order valence-electron chi connectivity index (χ3n) is 24.2. The summed E-state index contributed by atoms with van der Waals surface area (Å²) in [5, 5.41) is 13.6. The Hall–Kier alpha value is -12.4. The van der Waals surface area contributed by atoms with Gasteiger partial charge in [0, 0.05) is 98.0 Å². The van der Waals surface area contributed by atoms with Crippen LogP contribution in [0.5, 0.6) is 23.0 Å². The summed E-state index contributed by atoms with van der Waals surface area (Å²) in [5.41, 5.74) is 59.7. The summed E-state index contributed by atoms with van der Waals surface area (Å²) in [6, 6.07) is 97.3. The predicted octanol–water partition coefficient (Wildman–Crippen LogP) is 28.5. The van der Waals surface area contributed by atoms with Gasteiger partial charge >= 0.3 is 7.12 Å². The van der Waals surface area contributed by atoms with Crippen molar-refractivity contribution in [3.63, 3.8) is 0 Å². The Morgan fingerprint density at radius 3 is 1.03 bits per heavy atom. The third-order valence-corrected chi connectivity index (χ3v) is 26.9. The highest BCUT2D eigenvalue weighted by atomic mass is 127. The summed E-state index contributed by atoms with van der Waals surface area (Å²) in [6.45, 7) is 23.6. The highest BCUT2D eigenvalue weighted by Gasteiger charge is 2.52. The molecule has 722 valence electrons. The van der Waals surface area contributed by atoms with Gasteiger partial charge in [-0.25, -0.2) is 0 Å². The lowest BCUT2D eigenvalue weighted by Gasteiger charge is -2.32. The molecule has 4 heterocycles. The first-order valence-electron chi connectivity index (χ1n) is 47.9. The maximum Gasteiger partial charge on any atom is 0.498 e. The van der Waals surface area contributed by atoms with Crippen LogP contribution in [0.1, 0.15) is 158 Å². The van der Waals surface area contributed by atoms with Crippen LogP contribution in [-0.2, 0) is 67.5 Å². The van der Waals surface area contributed by atoms with Crippen LogP contribution in [0.3, 0.4) is 0 Å². The Morgan fingerprint density at radius 1 is 0.317 bits per heavy atom.